The maximum atomic E-state index is 10.5. The van der Waals surface area contributed by atoms with Crippen LogP contribution in [0.25, 0.3) is 6.08 Å². The van der Waals surface area contributed by atoms with Crippen LogP contribution in [0.5, 0.6) is 0 Å². The van der Waals surface area contributed by atoms with E-state index in [0.29, 0.717) is 17.6 Å². The third-order valence-corrected chi connectivity index (χ3v) is 2.75. The minimum absolute atomic E-state index is 0.384. The molecular formula is C12H10NO3-. The number of aliphatic carboxylic acids is 1. The molecule has 1 saturated carbocycles. The molecule has 0 radical (unpaired) electrons. The molecule has 2 rings (SSSR count). The average Bonchev–Trinajstić information content (AvgIpc) is 2.79. The Morgan fingerprint density at radius 3 is 2.88 bits per heavy atom. The lowest BCUT2D eigenvalue weighted by Crippen LogP contribution is -2.23. The van der Waals surface area contributed by atoms with Gasteiger partial charge in [0.2, 0.25) is 0 Å². The molecule has 2 atom stereocenters. The summed E-state index contributed by atoms with van der Waals surface area (Å²) in [4.78, 5) is 10.5. The summed E-state index contributed by atoms with van der Waals surface area (Å²) < 4.78 is 5.44. The predicted octanol–water partition coefficient (Wildman–Crippen LogP) is 1.06. The first-order valence-electron chi connectivity index (χ1n) is 5.04. The highest BCUT2D eigenvalue weighted by Gasteiger charge is 2.36. The highest BCUT2D eigenvalue weighted by molar-refractivity contribution is 5.94. The number of furan rings is 1. The molecule has 0 saturated heterocycles. The number of carbonyl (C=O) groups excluding carboxylic acids is 1. The van der Waals surface area contributed by atoms with Gasteiger partial charge in [0.05, 0.1) is 11.5 Å². The van der Waals surface area contributed by atoms with Crippen molar-refractivity contribution in [3.63, 3.8) is 0 Å². The first kappa shape index (κ1) is 10.5. The third kappa shape index (κ3) is 1.98. The Labute approximate surface area is 92.8 Å². The smallest absolute Gasteiger partial charge is 0.128 e. The van der Waals surface area contributed by atoms with Gasteiger partial charge in [-0.15, -0.1) is 0 Å². The van der Waals surface area contributed by atoms with E-state index in [1.165, 1.54) is 6.08 Å². The molecule has 1 aliphatic rings. The molecule has 0 aliphatic heterocycles. The Bertz CT molecular complexity index is 493. The molecule has 0 N–H and O–H groups in total. The van der Waals surface area contributed by atoms with E-state index in [2.05, 4.69) is 6.92 Å². The standard InChI is InChI=1S/C12H11NO3/c1-7-4-10(7)11-3-2-9(16-11)5-8(6-13)12(14)15/h2-3,5,7,10H,4H2,1H3,(H,14,15)/p-1/b8-5+/t7-,10-/m0/s1. The van der Waals surface area contributed by atoms with Crippen molar-refractivity contribution >= 4 is 12.0 Å². The molecular weight excluding hydrogens is 206 g/mol. The number of carbonyl (C=O) groups is 1. The molecule has 0 bridgehead atoms. The first-order chi connectivity index (χ1) is 7.61. The lowest BCUT2D eigenvalue weighted by Gasteiger charge is -1.96. The fraction of sp³-hybridized carbons (Fsp3) is 0.333. The van der Waals surface area contributed by atoms with Crippen LogP contribution in [0, 0.1) is 17.2 Å². The number of carboxylic acid groups (broad SMARTS) is 1. The molecule has 16 heavy (non-hydrogen) atoms. The maximum absolute atomic E-state index is 10.5. The van der Waals surface area contributed by atoms with Gasteiger partial charge in [0.25, 0.3) is 0 Å². The summed E-state index contributed by atoms with van der Waals surface area (Å²) in [6, 6.07) is 5.04. The van der Waals surface area contributed by atoms with Crippen molar-refractivity contribution in [3.05, 3.63) is 29.2 Å². The lowest BCUT2D eigenvalue weighted by atomic mass is 10.2. The number of hydrogen-bond donors (Lipinski definition) is 0. The predicted molar refractivity (Wildman–Crippen MR) is 53.8 cm³/mol. The highest BCUT2D eigenvalue weighted by Crippen LogP contribution is 2.47. The van der Waals surface area contributed by atoms with Gasteiger partial charge in [0.1, 0.15) is 17.6 Å². The molecule has 82 valence electrons. The van der Waals surface area contributed by atoms with Crippen molar-refractivity contribution in [1.29, 1.82) is 5.26 Å². The third-order valence-electron chi connectivity index (χ3n) is 2.75. The molecule has 1 heterocycles. The minimum Gasteiger partial charge on any atom is -0.544 e. The molecule has 0 spiro atoms. The van der Waals surface area contributed by atoms with Crippen LogP contribution in [0.15, 0.2) is 22.1 Å². The van der Waals surface area contributed by atoms with Gasteiger partial charge in [0, 0.05) is 12.0 Å². The largest absolute Gasteiger partial charge is 0.544 e. The molecule has 4 heteroatoms. The van der Waals surface area contributed by atoms with E-state index in [9.17, 15) is 9.90 Å². The Hall–Kier alpha value is -2.02. The van der Waals surface area contributed by atoms with E-state index in [1.807, 2.05) is 6.07 Å². The fourth-order valence-corrected chi connectivity index (χ4v) is 1.64. The number of nitriles is 1. The van der Waals surface area contributed by atoms with E-state index in [-0.39, 0.29) is 0 Å². The van der Waals surface area contributed by atoms with Crippen molar-refractivity contribution < 1.29 is 14.3 Å². The van der Waals surface area contributed by atoms with Crippen LogP contribution in [0.4, 0.5) is 0 Å². The van der Waals surface area contributed by atoms with Gasteiger partial charge < -0.3 is 14.3 Å². The van der Waals surface area contributed by atoms with Crippen LogP contribution in [-0.4, -0.2) is 5.97 Å². The van der Waals surface area contributed by atoms with E-state index >= 15 is 0 Å². The van der Waals surface area contributed by atoms with E-state index < -0.39 is 11.5 Å². The summed E-state index contributed by atoms with van der Waals surface area (Å²) in [6.45, 7) is 2.13. The zero-order valence-corrected chi connectivity index (χ0v) is 8.77. The topological polar surface area (TPSA) is 77.1 Å². The Morgan fingerprint density at radius 1 is 1.69 bits per heavy atom. The number of hydrogen-bond acceptors (Lipinski definition) is 4. The zero-order chi connectivity index (χ0) is 11.7. The van der Waals surface area contributed by atoms with Gasteiger partial charge in [-0.2, -0.15) is 5.26 Å². The molecule has 1 aromatic heterocycles. The summed E-state index contributed by atoms with van der Waals surface area (Å²) in [5.41, 5.74) is -0.426. The first-order valence-corrected chi connectivity index (χ1v) is 5.04. The van der Waals surface area contributed by atoms with Crippen molar-refractivity contribution in [2.24, 2.45) is 5.92 Å². The summed E-state index contributed by atoms with van der Waals surface area (Å²) in [5, 5.41) is 19.0. The second-order valence-corrected chi connectivity index (χ2v) is 4.02. The Balaban J connectivity index is 2.19. The van der Waals surface area contributed by atoms with E-state index in [1.54, 1.807) is 12.1 Å². The van der Waals surface area contributed by atoms with Crippen molar-refractivity contribution in [3.8, 4) is 6.07 Å². The van der Waals surface area contributed by atoms with Crippen LogP contribution in [-0.2, 0) is 4.79 Å². The Morgan fingerprint density at radius 2 is 2.38 bits per heavy atom. The molecule has 0 aromatic carbocycles. The monoisotopic (exact) mass is 216 g/mol. The van der Waals surface area contributed by atoms with Gasteiger partial charge in [-0.05, 0) is 24.5 Å². The minimum atomic E-state index is -1.49. The Kier molecular flexibility index (Phi) is 2.53. The van der Waals surface area contributed by atoms with E-state index in [4.69, 9.17) is 9.68 Å². The van der Waals surface area contributed by atoms with Crippen LogP contribution >= 0.6 is 0 Å². The molecule has 0 unspecified atom stereocenters. The van der Waals surface area contributed by atoms with Crippen molar-refractivity contribution in [1.82, 2.24) is 0 Å². The quantitative estimate of drug-likeness (QED) is 0.559. The summed E-state index contributed by atoms with van der Waals surface area (Å²) in [6.07, 6.45) is 2.29. The molecule has 1 aromatic rings. The maximum Gasteiger partial charge on any atom is 0.128 e. The zero-order valence-electron chi connectivity index (χ0n) is 8.77. The van der Waals surface area contributed by atoms with Gasteiger partial charge in [0.15, 0.2) is 0 Å². The number of nitrogens with zero attached hydrogens (tertiary/aromatic N) is 1. The van der Waals surface area contributed by atoms with Crippen LogP contribution in [0.3, 0.4) is 0 Å². The fourth-order valence-electron chi connectivity index (χ4n) is 1.64. The second kappa shape index (κ2) is 3.86. The summed E-state index contributed by atoms with van der Waals surface area (Å²) in [5.74, 6) is 0.819. The van der Waals surface area contributed by atoms with Crippen molar-refractivity contribution in [2.75, 3.05) is 0 Å². The normalized spacial score (nSPS) is 23.9. The van der Waals surface area contributed by atoms with E-state index in [0.717, 1.165) is 12.2 Å². The van der Waals surface area contributed by atoms with Gasteiger partial charge >= 0.3 is 0 Å². The number of carboxylic acids is 1. The summed E-state index contributed by atoms with van der Waals surface area (Å²) in [7, 11) is 0. The van der Waals surface area contributed by atoms with Crippen LogP contribution < -0.4 is 5.11 Å². The molecule has 0 amide bonds. The van der Waals surface area contributed by atoms with Crippen LogP contribution in [0.2, 0.25) is 0 Å². The van der Waals surface area contributed by atoms with Gasteiger partial charge in [-0.3, -0.25) is 0 Å². The molecule has 4 nitrogen and oxygen atoms in total. The van der Waals surface area contributed by atoms with Gasteiger partial charge in [-0.25, -0.2) is 0 Å². The SMILES string of the molecule is C[C@H]1C[C@@H]1c1ccc(/C=C(\C#N)C(=O)[O-])o1. The average molecular weight is 216 g/mol. The highest BCUT2D eigenvalue weighted by atomic mass is 16.4. The lowest BCUT2D eigenvalue weighted by molar-refractivity contribution is -0.298. The van der Waals surface area contributed by atoms with Gasteiger partial charge in [-0.1, -0.05) is 6.92 Å². The second-order valence-electron chi connectivity index (χ2n) is 4.02. The number of rotatable bonds is 3. The summed E-state index contributed by atoms with van der Waals surface area (Å²) >= 11 is 0. The van der Waals surface area contributed by atoms with Crippen LogP contribution in [0.1, 0.15) is 30.8 Å². The molecule has 1 aliphatic carbocycles. The molecule has 1 fully saturated rings. The van der Waals surface area contributed by atoms with Crippen molar-refractivity contribution in [2.45, 2.75) is 19.3 Å².